The van der Waals surface area contributed by atoms with Gasteiger partial charge in [0.15, 0.2) is 0 Å². The van der Waals surface area contributed by atoms with Gasteiger partial charge < -0.3 is 15.4 Å². The van der Waals surface area contributed by atoms with Gasteiger partial charge in [-0.3, -0.25) is 0 Å². The molecule has 2 aromatic rings. The largest absolute Gasteiger partial charge is 0.378 e. The molecule has 1 saturated heterocycles. The molecule has 0 aromatic carbocycles. The molecule has 0 aliphatic carbocycles. The first kappa shape index (κ1) is 14.4. The first-order valence-corrected chi connectivity index (χ1v) is 7.04. The average molecular weight is 296 g/mol. The highest BCUT2D eigenvalue weighted by Gasteiger charge is 2.17. The van der Waals surface area contributed by atoms with Crippen molar-refractivity contribution in [3.05, 3.63) is 41.6 Å². The number of pyridine rings is 1. The number of nitrogens with one attached hydrogen (secondary N) is 2. The highest BCUT2D eigenvalue weighted by molar-refractivity contribution is 5.55. The lowest BCUT2D eigenvalue weighted by molar-refractivity contribution is 0.0755. The minimum atomic E-state index is 0.0788. The zero-order valence-corrected chi connectivity index (χ0v) is 12.2. The quantitative estimate of drug-likeness (QED) is 0.885. The van der Waals surface area contributed by atoms with Crippen LogP contribution in [0.5, 0.6) is 0 Å². The third-order valence-electron chi connectivity index (χ3n) is 3.29. The fraction of sp³-hybridized carbons (Fsp3) is 0.333. The summed E-state index contributed by atoms with van der Waals surface area (Å²) in [5, 5.41) is 15.3. The van der Waals surface area contributed by atoms with Crippen LogP contribution in [0.1, 0.15) is 23.3 Å². The first-order chi connectivity index (χ1) is 10.7. The van der Waals surface area contributed by atoms with Crippen molar-refractivity contribution < 1.29 is 4.74 Å². The summed E-state index contributed by atoms with van der Waals surface area (Å²) < 4.78 is 5.48. The van der Waals surface area contributed by atoms with E-state index >= 15 is 0 Å². The Morgan fingerprint density at radius 3 is 3.00 bits per heavy atom. The van der Waals surface area contributed by atoms with Crippen LogP contribution in [0.25, 0.3) is 0 Å². The minimum absolute atomic E-state index is 0.0788. The molecule has 0 saturated carbocycles. The smallest absolute Gasteiger partial charge is 0.140 e. The summed E-state index contributed by atoms with van der Waals surface area (Å²) in [6, 6.07) is 7.43. The zero-order chi connectivity index (χ0) is 15.4. The minimum Gasteiger partial charge on any atom is -0.378 e. The average Bonchev–Trinajstić information content (AvgIpc) is 2.56. The van der Waals surface area contributed by atoms with Gasteiger partial charge >= 0.3 is 0 Å². The van der Waals surface area contributed by atoms with E-state index in [9.17, 15) is 0 Å². The summed E-state index contributed by atoms with van der Waals surface area (Å²) in [6.45, 7) is 4.00. The van der Waals surface area contributed by atoms with Crippen molar-refractivity contribution in [3.8, 4) is 6.07 Å². The number of nitrogens with zero attached hydrogens (tertiary/aromatic N) is 4. The number of hydrogen-bond donors (Lipinski definition) is 2. The second kappa shape index (κ2) is 6.47. The second-order valence-corrected chi connectivity index (χ2v) is 4.98. The van der Waals surface area contributed by atoms with E-state index < -0.39 is 0 Å². The molecule has 1 fully saturated rings. The van der Waals surface area contributed by atoms with Gasteiger partial charge in [0.2, 0.25) is 0 Å². The molecule has 7 nitrogen and oxygen atoms in total. The molecular formula is C15H16N6O. The first-order valence-electron chi connectivity index (χ1n) is 7.04. The van der Waals surface area contributed by atoms with Crippen LogP contribution in [-0.2, 0) is 4.74 Å². The molecule has 0 bridgehead atoms. The topological polar surface area (TPSA) is 95.8 Å². The summed E-state index contributed by atoms with van der Waals surface area (Å²) in [7, 11) is 0. The number of ether oxygens (including phenoxy) is 1. The Labute approximate surface area is 128 Å². The van der Waals surface area contributed by atoms with Gasteiger partial charge in [0.1, 0.15) is 23.4 Å². The number of morpholine rings is 1. The molecule has 0 unspecified atom stereocenters. The Bertz CT molecular complexity index is 688. The van der Waals surface area contributed by atoms with Gasteiger partial charge in [-0.15, -0.1) is 0 Å². The molecule has 1 aliphatic heterocycles. The molecule has 0 radical (unpaired) electrons. The molecule has 3 rings (SSSR count). The lowest BCUT2D eigenvalue weighted by atomic mass is 10.2. The van der Waals surface area contributed by atoms with Crippen molar-refractivity contribution in [2.45, 2.75) is 13.0 Å². The highest BCUT2D eigenvalue weighted by Crippen LogP contribution is 2.19. The van der Waals surface area contributed by atoms with E-state index in [-0.39, 0.29) is 6.04 Å². The molecule has 7 heteroatoms. The normalized spacial score (nSPS) is 17.7. The number of nitriles is 1. The molecule has 0 spiro atoms. The molecule has 22 heavy (non-hydrogen) atoms. The number of rotatable bonds is 3. The SMILES string of the molecule is Cc1nc(Nc2ccc(C#N)nc2)cc([C@@H]2COCCN2)n1. The van der Waals surface area contributed by atoms with E-state index in [0.29, 0.717) is 23.9 Å². The zero-order valence-electron chi connectivity index (χ0n) is 12.2. The van der Waals surface area contributed by atoms with Crippen molar-refractivity contribution in [2.75, 3.05) is 25.1 Å². The molecule has 2 aromatic heterocycles. The van der Waals surface area contributed by atoms with Crippen LogP contribution < -0.4 is 10.6 Å². The van der Waals surface area contributed by atoms with Crippen LogP contribution in [-0.4, -0.2) is 34.7 Å². The van der Waals surface area contributed by atoms with Crippen molar-refractivity contribution in [2.24, 2.45) is 0 Å². The molecule has 2 N–H and O–H groups in total. The maximum atomic E-state index is 8.76. The van der Waals surface area contributed by atoms with E-state index in [0.717, 1.165) is 24.5 Å². The fourth-order valence-corrected chi connectivity index (χ4v) is 2.27. The molecule has 1 aliphatic rings. The number of aryl methyl sites for hydroxylation is 1. The predicted molar refractivity (Wildman–Crippen MR) is 80.6 cm³/mol. The van der Waals surface area contributed by atoms with Gasteiger partial charge in [0, 0.05) is 12.6 Å². The van der Waals surface area contributed by atoms with Gasteiger partial charge in [-0.2, -0.15) is 5.26 Å². The Morgan fingerprint density at radius 1 is 1.41 bits per heavy atom. The summed E-state index contributed by atoms with van der Waals surface area (Å²) in [5.41, 5.74) is 2.06. The monoisotopic (exact) mass is 296 g/mol. The van der Waals surface area contributed by atoms with Crippen molar-refractivity contribution in [1.82, 2.24) is 20.3 Å². The molecule has 112 valence electrons. The molecular weight excluding hydrogens is 280 g/mol. The van der Waals surface area contributed by atoms with Crippen molar-refractivity contribution >= 4 is 11.5 Å². The summed E-state index contributed by atoms with van der Waals surface area (Å²) in [4.78, 5) is 12.9. The van der Waals surface area contributed by atoms with Crippen LogP contribution in [0.2, 0.25) is 0 Å². The van der Waals surface area contributed by atoms with Gasteiger partial charge in [-0.05, 0) is 19.1 Å². The van der Waals surface area contributed by atoms with E-state index in [1.807, 2.05) is 19.1 Å². The van der Waals surface area contributed by atoms with Gasteiger partial charge in [0.25, 0.3) is 0 Å². The molecule has 0 amide bonds. The molecule has 1 atom stereocenters. The Morgan fingerprint density at radius 2 is 2.32 bits per heavy atom. The Hall–Kier alpha value is -2.56. The van der Waals surface area contributed by atoms with E-state index in [4.69, 9.17) is 10.00 Å². The van der Waals surface area contributed by atoms with Crippen LogP contribution in [0.4, 0.5) is 11.5 Å². The lowest BCUT2D eigenvalue weighted by Crippen LogP contribution is -2.35. The van der Waals surface area contributed by atoms with Crippen molar-refractivity contribution in [1.29, 1.82) is 5.26 Å². The van der Waals surface area contributed by atoms with Crippen LogP contribution in [0.15, 0.2) is 24.4 Å². The maximum Gasteiger partial charge on any atom is 0.140 e. The highest BCUT2D eigenvalue weighted by atomic mass is 16.5. The van der Waals surface area contributed by atoms with Crippen LogP contribution >= 0.6 is 0 Å². The number of hydrogen-bond acceptors (Lipinski definition) is 7. The number of anilines is 2. The van der Waals surface area contributed by atoms with E-state index in [1.165, 1.54) is 0 Å². The maximum absolute atomic E-state index is 8.76. The van der Waals surface area contributed by atoms with Gasteiger partial charge in [0.05, 0.1) is 36.8 Å². The predicted octanol–water partition coefficient (Wildman–Crippen LogP) is 1.46. The lowest BCUT2D eigenvalue weighted by Gasteiger charge is -2.23. The van der Waals surface area contributed by atoms with Gasteiger partial charge in [-0.25, -0.2) is 15.0 Å². The summed E-state index contributed by atoms with van der Waals surface area (Å²) in [6.07, 6.45) is 1.61. The summed E-state index contributed by atoms with van der Waals surface area (Å²) in [5.74, 6) is 1.38. The fourth-order valence-electron chi connectivity index (χ4n) is 2.27. The van der Waals surface area contributed by atoms with Gasteiger partial charge in [-0.1, -0.05) is 0 Å². The van der Waals surface area contributed by atoms with E-state index in [1.54, 1.807) is 18.3 Å². The standard InChI is InChI=1S/C15H16N6O/c1-10-19-13(14-9-22-5-4-17-14)6-15(20-10)21-12-3-2-11(7-16)18-8-12/h2-3,6,8,14,17H,4-5,9H2,1H3,(H,19,20,21)/t14-/m0/s1. The molecule has 3 heterocycles. The van der Waals surface area contributed by atoms with Crippen molar-refractivity contribution in [3.63, 3.8) is 0 Å². The Kier molecular flexibility index (Phi) is 4.23. The summed E-state index contributed by atoms with van der Waals surface area (Å²) >= 11 is 0. The third-order valence-corrected chi connectivity index (χ3v) is 3.29. The Balaban J connectivity index is 1.80. The number of aromatic nitrogens is 3. The van der Waals surface area contributed by atoms with Crippen LogP contribution in [0, 0.1) is 18.3 Å². The second-order valence-electron chi connectivity index (χ2n) is 4.98. The van der Waals surface area contributed by atoms with Crippen LogP contribution in [0.3, 0.4) is 0 Å². The third kappa shape index (κ3) is 3.36. The van der Waals surface area contributed by atoms with E-state index in [2.05, 4.69) is 25.6 Å².